The molecule has 0 radical (unpaired) electrons. The molecule has 0 spiro atoms. The highest BCUT2D eigenvalue weighted by Gasteiger charge is 2.16. The first-order valence-electron chi connectivity index (χ1n) is 7.15. The van der Waals surface area contributed by atoms with E-state index in [-0.39, 0.29) is 18.4 Å². The molecular formula is C16H19N3O4. The molecule has 2 amide bonds. The lowest BCUT2D eigenvalue weighted by molar-refractivity contribution is -0.144. The number of nitrogens with one attached hydrogen (secondary N) is 2. The summed E-state index contributed by atoms with van der Waals surface area (Å²) in [6, 6.07) is 6.59. The van der Waals surface area contributed by atoms with E-state index in [4.69, 9.17) is 0 Å². The molecule has 1 aromatic heterocycles. The van der Waals surface area contributed by atoms with Crippen molar-refractivity contribution in [3.8, 4) is 0 Å². The molecule has 0 aliphatic carbocycles. The van der Waals surface area contributed by atoms with Gasteiger partial charge in [0.05, 0.1) is 18.3 Å². The summed E-state index contributed by atoms with van der Waals surface area (Å²) in [5, 5.41) is 6.18. The summed E-state index contributed by atoms with van der Waals surface area (Å²) in [7, 11) is 1.27. The lowest BCUT2D eigenvalue weighted by Gasteiger charge is -2.12. The fourth-order valence-corrected chi connectivity index (χ4v) is 2.34. The fraction of sp³-hybridized carbons (Fsp3) is 0.312. The van der Waals surface area contributed by atoms with Crippen molar-refractivity contribution in [3.05, 3.63) is 30.5 Å². The summed E-state index contributed by atoms with van der Waals surface area (Å²) in [6.07, 6.45) is 1.76. The number of anilines is 1. The number of ether oxygens (including phenoxy) is 1. The van der Waals surface area contributed by atoms with E-state index in [0.29, 0.717) is 5.69 Å². The SMILES string of the molecule is COC(=O)C(C)NC(=O)Cn1ccc2c(NC(C)=O)cccc21. The first-order chi connectivity index (χ1) is 10.9. The van der Waals surface area contributed by atoms with E-state index in [1.54, 1.807) is 29.8 Å². The number of amides is 2. The van der Waals surface area contributed by atoms with Gasteiger partial charge in [-0.1, -0.05) is 6.07 Å². The van der Waals surface area contributed by atoms with Crippen molar-refractivity contribution >= 4 is 34.4 Å². The van der Waals surface area contributed by atoms with Crippen LogP contribution < -0.4 is 10.6 Å². The van der Waals surface area contributed by atoms with Gasteiger partial charge < -0.3 is 19.9 Å². The molecule has 2 aromatic rings. The number of esters is 1. The Morgan fingerprint density at radius 1 is 1.26 bits per heavy atom. The van der Waals surface area contributed by atoms with Crippen LogP contribution in [0.1, 0.15) is 13.8 Å². The number of rotatable bonds is 5. The lowest BCUT2D eigenvalue weighted by Crippen LogP contribution is -2.40. The molecule has 23 heavy (non-hydrogen) atoms. The van der Waals surface area contributed by atoms with Crippen molar-refractivity contribution < 1.29 is 19.1 Å². The fourth-order valence-electron chi connectivity index (χ4n) is 2.34. The monoisotopic (exact) mass is 317 g/mol. The van der Waals surface area contributed by atoms with Gasteiger partial charge in [0.1, 0.15) is 12.6 Å². The Balaban J connectivity index is 2.16. The van der Waals surface area contributed by atoms with E-state index in [0.717, 1.165) is 10.9 Å². The van der Waals surface area contributed by atoms with Crippen molar-refractivity contribution in [2.45, 2.75) is 26.4 Å². The number of aromatic nitrogens is 1. The Hall–Kier alpha value is -2.83. The van der Waals surface area contributed by atoms with E-state index in [1.807, 2.05) is 12.1 Å². The number of carbonyl (C=O) groups is 3. The van der Waals surface area contributed by atoms with Crippen LogP contribution in [-0.2, 0) is 25.7 Å². The number of carbonyl (C=O) groups excluding carboxylic acids is 3. The quantitative estimate of drug-likeness (QED) is 0.813. The molecule has 1 unspecified atom stereocenters. The maximum atomic E-state index is 12.0. The minimum Gasteiger partial charge on any atom is -0.467 e. The molecule has 1 heterocycles. The zero-order chi connectivity index (χ0) is 17.0. The molecule has 0 aliphatic heterocycles. The number of benzene rings is 1. The minimum atomic E-state index is -0.704. The summed E-state index contributed by atoms with van der Waals surface area (Å²) in [4.78, 5) is 34.6. The predicted octanol–water partition coefficient (Wildman–Crippen LogP) is 1.28. The maximum absolute atomic E-state index is 12.0. The van der Waals surface area contributed by atoms with Crippen LogP contribution in [0.4, 0.5) is 5.69 Å². The topological polar surface area (TPSA) is 89.4 Å². The van der Waals surface area contributed by atoms with Crippen LogP contribution >= 0.6 is 0 Å². The number of hydrogen-bond acceptors (Lipinski definition) is 4. The number of nitrogens with zero attached hydrogens (tertiary/aromatic N) is 1. The van der Waals surface area contributed by atoms with Crippen LogP contribution in [0.15, 0.2) is 30.5 Å². The highest BCUT2D eigenvalue weighted by Crippen LogP contribution is 2.24. The third-order valence-electron chi connectivity index (χ3n) is 3.37. The first kappa shape index (κ1) is 16.5. The summed E-state index contributed by atoms with van der Waals surface area (Å²) in [5.41, 5.74) is 1.51. The molecule has 7 nitrogen and oxygen atoms in total. The molecule has 2 N–H and O–H groups in total. The second kappa shape index (κ2) is 6.95. The summed E-state index contributed by atoms with van der Waals surface area (Å²) < 4.78 is 6.32. The molecule has 1 aromatic carbocycles. The molecule has 1 atom stereocenters. The number of fused-ring (bicyclic) bond motifs is 1. The standard InChI is InChI=1S/C16H19N3O4/c1-10(16(22)23-3)17-15(21)9-19-8-7-12-13(18-11(2)20)5-4-6-14(12)19/h4-8,10H,9H2,1-3H3,(H,17,21)(H,18,20). The van der Waals surface area contributed by atoms with Gasteiger partial charge in [0.25, 0.3) is 0 Å². The van der Waals surface area contributed by atoms with Crippen molar-refractivity contribution in [2.75, 3.05) is 12.4 Å². The Labute approximate surface area is 133 Å². The second-order valence-corrected chi connectivity index (χ2v) is 5.18. The van der Waals surface area contributed by atoms with Crippen LogP contribution in [-0.4, -0.2) is 35.5 Å². The van der Waals surface area contributed by atoms with E-state index in [2.05, 4.69) is 15.4 Å². The van der Waals surface area contributed by atoms with Gasteiger partial charge in [0.15, 0.2) is 0 Å². The molecule has 7 heteroatoms. The highest BCUT2D eigenvalue weighted by molar-refractivity contribution is 6.01. The van der Waals surface area contributed by atoms with E-state index >= 15 is 0 Å². The molecule has 122 valence electrons. The Morgan fingerprint density at radius 3 is 2.65 bits per heavy atom. The van der Waals surface area contributed by atoms with Gasteiger partial charge >= 0.3 is 5.97 Å². The van der Waals surface area contributed by atoms with Crippen LogP contribution in [0, 0.1) is 0 Å². The van der Waals surface area contributed by atoms with Crippen LogP contribution in [0.5, 0.6) is 0 Å². The molecule has 0 fully saturated rings. The number of methoxy groups -OCH3 is 1. The van der Waals surface area contributed by atoms with Crippen molar-refractivity contribution in [3.63, 3.8) is 0 Å². The Bertz CT molecular complexity index is 751. The van der Waals surface area contributed by atoms with Crippen LogP contribution in [0.3, 0.4) is 0 Å². The zero-order valence-corrected chi connectivity index (χ0v) is 13.3. The van der Waals surface area contributed by atoms with Crippen molar-refractivity contribution in [1.82, 2.24) is 9.88 Å². The van der Waals surface area contributed by atoms with Gasteiger partial charge in [-0.15, -0.1) is 0 Å². The highest BCUT2D eigenvalue weighted by atomic mass is 16.5. The Morgan fingerprint density at radius 2 is 2.00 bits per heavy atom. The summed E-state index contributed by atoms with van der Waals surface area (Å²) >= 11 is 0. The van der Waals surface area contributed by atoms with Crippen LogP contribution in [0.2, 0.25) is 0 Å². The molecule has 0 saturated heterocycles. The van der Waals surface area contributed by atoms with Gasteiger partial charge in [0.2, 0.25) is 11.8 Å². The second-order valence-electron chi connectivity index (χ2n) is 5.18. The molecule has 0 aliphatic rings. The summed E-state index contributed by atoms with van der Waals surface area (Å²) in [6.45, 7) is 3.07. The zero-order valence-electron chi connectivity index (χ0n) is 13.3. The van der Waals surface area contributed by atoms with Crippen LogP contribution in [0.25, 0.3) is 10.9 Å². The molecule has 2 rings (SSSR count). The van der Waals surface area contributed by atoms with Crippen molar-refractivity contribution in [1.29, 1.82) is 0 Å². The predicted molar refractivity (Wildman–Crippen MR) is 85.9 cm³/mol. The Kier molecular flexibility index (Phi) is 5.00. The summed E-state index contributed by atoms with van der Waals surface area (Å²) in [5.74, 6) is -0.955. The van der Waals surface area contributed by atoms with Gasteiger partial charge in [-0.2, -0.15) is 0 Å². The van der Waals surface area contributed by atoms with Gasteiger partial charge in [-0.3, -0.25) is 9.59 Å². The van der Waals surface area contributed by atoms with Crippen molar-refractivity contribution in [2.24, 2.45) is 0 Å². The first-order valence-corrected chi connectivity index (χ1v) is 7.15. The number of hydrogen-bond donors (Lipinski definition) is 2. The van der Waals surface area contributed by atoms with E-state index in [9.17, 15) is 14.4 Å². The van der Waals surface area contributed by atoms with Gasteiger partial charge in [-0.05, 0) is 25.1 Å². The van der Waals surface area contributed by atoms with E-state index in [1.165, 1.54) is 14.0 Å². The van der Waals surface area contributed by atoms with E-state index < -0.39 is 12.0 Å². The van der Waals surface area contributed by atoms with Gasteiger partial charge in [-0.25, -0.2) is 4.79 Å². The molecule has 0 saturated carbocycles. The molecular weight excluding hydrogens is 298 g/mol. The molecule has 0 bridgehead atoms. The normalized spacial score (nSPS) is 11.8. The minimum absolute atomic E-state index is 0.0638. The average molecular weight is 317 g/mol. The maximum Gasteiger partial charge on any atom is 0.328 e. The lowest BCUT2D eigenvalue weighted by atomic mass is 10.2. The third kappa shape index (κ3) is 3.88. The smallest absolute Gasteiger partial charge is 0.328 e. The third-order valence-corrected chi connectivity index (χ3v) is 3.37. The van der Waals surface area contributed by atoms with Gasteiger partial charge in [0, 0.05) is 18.5 Å². The average Bonchev–Trinajstić information content (AvgIpc) is 2.90. The largest absolute Gasteiger partial charge is 0.467 e.